The Balaban J connectivity index is 1.56. The molecule has 1 fully saturated rings. The summed E-state index contributed by atoms with van der Waals surface area (Å²) in [4.78, 5) is 29.9. The Kier molecular flexibility index (Phi) is 7.22. The smallest absolute Gasteiger partial charge is 0.290 e. The van der Waals surface area contributed by atoms with E-state index in [1.807, 2.05) is 30.3 Å². The van der Waals surface area contributed by atoms with Crippen LogP contribution < -0.4 is 0 Å². The average Bonchev–Trinajstić information content (AvgIpc) is 3.09. The second-order valence-electron chi connectivity index (χ2n) is 8.17. The number of aliphatic hydroxyl groups is 1. The first kappa shape index (κ1) is 22.8. The Labute approximate surface area is 193 Å². The van der Waals surface area contributed by atoms with Gasteiger partial charge in [0, 0.05) is 26.2 Å². The number of allylic oxidation sites excluding steroid dienone is 1. The van der Waals surface area contributed by atoms with E-state index in [-0.39, 0.29) is 11.3 Å². The summed E-state index contributed by atoms with van der Waals surface area (Å²) in [5, 5.41) is 20.4. The SMILES string of the molecule is O=C(/C=C/c1ccccc1)C1=C(O)C(=O)N(CCCN2CCOCC2)[C@H]1c1ccc(O)cc1. The Morgan fingerprint density at radius 3 is 2.39 bits per heavy atom. The van der Waals surface area contributed by atoms with Crippen LogP contribution in [0, 0.1) is 0 Å². The fraction of sp³-hybridized carbons (Fsp3) is 0.308. The summed E-state index contributed by atoms with van der Waals surface area (Å²) in [7, 11) is 0. The molecule has 0 aromatic heterocycles. The number of phenols is 1. The molecule has 0 unspecified atom stereocenters. The Hall–Kier alpha value is -3.42. The molecule has 2 heterocycles. The summed E-state index contributed by atoms with van der Waals surface area (Å²) in [6, 6.07) is 15.0. The van der Waals surface area contributed by atoms with E-state index in [4.69, 9.17) is 4.74 Å². The molecule has 7 heteroatoms. The minimum Gasteiger partial charge on any atom is -0.508 e. The van der Waals surface area contributed by atoms with Gasteiger partial charge in [-0.25, -0.2) is 0 Å². The van der Waals surface area contributed by atoms with Crippen molar-refractivity contribution < 1.29 is 24.5 Å². The van der Waals surface area contributed by atoms with Crippen molar-refractivity contribution in [3.05, 3.63) is 83.1 Å². The summed E-state index contributed by atoms with van der Waals surface area (Å²) < 4.78 is 5.38. The molecule has 2 aromatic rings. The first-order valence-corrected chi connectivity index (χ1v) is 11.1. The number of phenolic OH excluding ortho intramolecular Hbond substituents is 1. The number of aliphatic hydroxyl groups excluding tert-OH is 1. The van der Waals surface area contributed by atoms with E-state index in [1.165, 1.54) is 18.2 Å². The van der Waals surface area contributed by atoms with Crippen LogP contribution in [0.4, 0.5) is 0 Å². The zero-order chi connectivity index (χ0) is 23.2. The highest BCUT2D eigenvalue weighted by Gasteiger charge is 2.42. The molecule has 0 saturated carbocycles. The van der Waals surface area contributed by atoms with Crippen LogP contribution in [-0.4, -0.2) is 71.1 Å². The third-order valence-corrected chi connectivity index (χ3v) is 5.98. The van der Waals surface area contributed by atoms with Gasteiger partial charge in [-0.05, 0) is 35.8 Å². The molecule has 33 heavy (non-hydrogen) atoms. The number of ether oxygens (including phenoxy) is 1. The molecule has 172 valence electrons. The molecule has 0 spiro atoms. The van der Waals surface area contributed by atoms with Crippen LogP contribution in [0.2, 0.25) is 0 Å². The minimum absolute atomic E-state index is 0.0595. The van der Waals surface area contributed by atoms with Crippen LogP contribution in [0.3, 0.4) is 0 Å². The lowest BCUT2D eigenvalue weighted by Gasteiger charge is -2.29. The molecule has 2 aliphatic rings. The standard InChI is InChI=1S/C26H28N2O5/c29-21-10-8-20(9-11-21)24-23(22(30)12-7-19-5-2-1-3-6-19)25(31)26(32)28(24)14-4-13-27-15-17-33-18-16-27/h1-3,5-12,24,29,31H,4,13-18H2/b12-7+/t24-/m0/s1. The number of ketones is 1. The zero-order valence-corrected chi connectivity index (χ0v) is 18.4. The van der Waals surface area contributed by atoms with Gasteiger partial charge in [-0.3, -0.25) is 14.5 Å². The fourth-order valence-corrected chi connectivity index (χ4v) is 4.25. The quantitative estimate of drug-likeness (QED) is 0.603. The van der Waals surface area contributed by atoms with Gasteiger partial charge < -0.3 is 19.8 Å². The van der Waals surface area contributed by atoms with E-state index >= 15 is 0 Å². The van der Waals surface area contributed by atoms with Crippen molar-refractivity contribution in [3.8, 4) is 5.75 Å². The van der Waals surface area contributed by atoms with Crippen LogP contribution in [-0.2, 0) is 14.3 Å². The number of morpholine rings is 1. The summed E-state index contributed by atoms with van der Waals surface area (Å²) >= 11 is 0. The van der Waals surface area contributed by atoms with Crippen LogP contribution in [0.5, 0.6) is 5.75 Å². The molecule has 0 aliphatic carbocycles. The number of carbonyl (C=O) groups is 2. The number of hydrogen-bond acceptors (Lipinski definition) is 6. The number of hydrogen-bond donors (Lipinski definition) is 2. The van der Waals surface area contributed by atoms with Gasteiger partial charge in [0.1, 0.15) is 5.75 Å². The number of rotatable bonds is 8. The van der Waals surface area contributed by atoms with Crippen molar-refractivity contribution in [1.82, 2.24) is 9.80 Å². The van der Waals surface area contributed by atoms with E-state index in [9.17, 15) is 19.8 Å². The Morgan fingerprint density at radius 2 is 1.70 bits per heavy atom. The van der Waals surface area contributed by atoms with E-state index in [0.29, 0.717) is 31.7 Å². The van der Waals surface area contributed by atoms with Crippen LogP contribution >= 0.6 is 0 Å². The van der Waals surface area contributed by atoms with Gasteiger partial charge >= 0.3 is 0 Å². The number of amides is 1. The van der Waals surface area contributed by atoms with Crippen molar-refractivity contribution in [3.63, 3.8) is 0 Å². The van der Waals surface area contributed by atoms with Crippen molar-refractivity contribution in [2.24, 2.45) is 0 Å². The topological polar surface area (TPSA) is 90.3 Å². The monoisotopic (exact) mass is 448 g/mol. The molecule has 2 aliphatic heterocycles. The van der Waals surface area contributed by atoms with Crippen molar-refractivity contribution in [2.75, 3.05) is 39.4 Å². The third kappa shape index (κ3) is 5.32. The van der Waals surface area contributed by atoms with Crippen LogP contribution in [0.25, 0.3) is 6.08 Å². The van der Waals surface area contributed by atoms with Gasteiger partial charge in [0.25, 0.3) is 5.91 Å². The predicted octanol–water partition coefficient (Wildman–Crippen LogP) is 3.09. The van der Waals surface area contributed by atoms with E-state index < -0.39 is 23.5 Å². The maximum absolute atomic E-state index is 13.1. The average molecular weight is 449 g/mol. The van der Waals surface area contributed by atoms with E-state index in [2.05, 4.69) is 4.90 Å². The lowest BCUT2D eigenvalue weighted by Crippen LogP contribution is -2.39. The van der Waals surface area contributed by atoms with Gasteiger partial charge in [0.05, 0.1) is 24.8 Å². The molecule has 4 rings (SSSR count). The molecule has 2 N–H and O–H groups in total. The van der Waals surface area contributed by atoms with E-state index in [0.717, 1.165) is 25.2 Å². The van der Waals surface area contributed by atoms with Crippen LogP contribution in [0.1, 0.15) is 23.6 Å². The highest BCUT2D eigenvalue weighted by molar-refractivity contribution is 6.14. The summed E-state index contributed by atoms with van der Waals surface area (Å²) in [5.41, 5.74) is 1.57. The van der Waals surface area contributed by atoms with Crippen LogP contribution in [0.15, 0.2) is 72.0 Å². The first-order chi connectivity index (χ1) is 16.0. The molecule has 0 bridgehead atoms. The summed E-state index contributed by atoms with van der Waals surface area (Å²) in [6.45, 7) is 4.30. The Bertz CT molecular complexity index is 1040. The van der Waals surface area contributed by atoms with Gasteiger partial charge in [-0.1, -0.05) is 48.5 Å². The van der Waals surface area contributed by atoms with Gasteiger partial charge in [0.15, 0.2) is 11.5 Å². The first-order valence-electron chi connectivity index (χ1n) is 11.1. The summed E-state index contributed by atoms with van der Waals surface area (Å²) in [6.07, 6.45) is 3.76. The highest BCUT2D eigenvalue weighted by Crippen LogP contribution is 2.38. The van der Waals surface area contributed by atoms with Crippen molar-refractivity contribution in [2.45, 2.75) is 12.5 Å². The number of aromatic hydroxyl groups is 1. The largest absolute Gasteiger partial charge is 0.508 e. The predicted molar refractivity (Wildman–Crippen MR) is 125 cm³/mol. The van der Waals surface area contributed by atoms with Crippen molar-refractivity contribution in [1.29, 1.82) is 0 Å². The lowest BCUT2D eigenvalue weighted by atomic mass is 9.95. The number of carbonyl (C=O) groups excluding carboxylic acids is 2. The van der Waals surface area contributed by atoms with Crippen molar-refractivity contribution >= 4 is 17.8 Å². The minimum atomic E-state index is -0.712. The molecule has 2 aromatic carbocycles. The molecule has 1 atom stereocenters. The number of benzene rings is 2. The lowest BCUT2D eigenvalue weighted by molar-refractivity contribution is -0.129. The zero-order valence-electron chi connectivity index (χ0n) is 18.4. The molecule has 1 amide bonds. The number of nitrogens with zero attached hydrogens (tertiary/aromatic N) is 2. The van der Waals surface area contributed by atoms with Gasteiger partial charge in [-0.15, -0.1) is 0 Å². The molecule has 0 radical (unpaired) electrons. The highest BCUT2D eigenvalue weighted by atomic mass is 16.5. The molecular weight excluding hydrogens is 420 g/mol. The van der Waals surface area contributed by atoms with E-state index in [1.54, 1.807) is 23.1 Å². The van der Waals surface area contributed by atoms with Gasteiger partial charge in [0.2, 0.25) is 0 Å². The molecule has 7 nitrogen and oxygen atoms in total. The van der Waals surface area contributed by atoms with Gasteiger partial charge in [-0.2, -0.15) is 0 Å². The molecule has 1 saturated heterocycles. The maximum Gasteiger partial charge on any atom is 0.290 e. The summed E-state index contributed by atoms with van der Waals surface area (Å²) in [5.74, 6) is -1.39. The fourth-order valence-electron chi connectivity index (χ4n) is 4.25. The second-order valence-corrected chi connectivity index (χ2v) is 8.17. The second kappa shape index (κ2) is 10.5. The maximum atomic E-state index is 13.1. The Morgan fingerprint density at radius 1 is 1.00 bits per heavy atom. The normalized spacial score (nSPS) is 19.6. The molecular formula is C26H28N2O5. The third-order valence-electron chi connectivity index (χ3n) is 5.98.